The molecule has 114 valence electrons. The van der Waals surface area contributed by atoms with E-state index in [1.165, 1.54) is 0 Å². The van der Waals surface area contributed by atoms with E-state index in [2.05, 4.69) is 0 Å². The van der Waals surface area contributed by atoms with Gasteiger partial charge in [0.2, 0.25) is 0 Å². The highest BCUT2D eigenvalue weighted by Crippen LogP contribution is 2.33. The molecule has 1 atom stereocenters. The molecule has 3 N–H and O–H groups in total. The van der Waals surface area contributed by atoms with E-state index < -0.39 is 11.9 Å². The van der Waals surface area contributed by atoms with Gasteiger partial charge in [-0.2, -0.15) is 5.06 Å². The molecule has 1 aliphatic heterocycles. The SMILES string of the molecule is N[C@H]1Cc2cc(Oc3ccc(Cl)c(Cl)c3)ccc2N(O)C1=O. The van der Waals surface area contributed by atoms with Gasteiger partial charge in [0, 0.05) is 6.07 Å². The summed E-state index contributed by atoms with van der Waals surface area (Å²) in [5, 5.41) is 11.2. The van der Waals surface area contributed by atoms with E-state index >= 15 is 0 Å². The normalized spacial score (nSPS) is 17.4. The lowest BCUT2D eigenvalue weighted by molar-refractivity contribution is -0.125. The van der Waals surface area contributed by atoms with Crippen molar-refractivity contribution in [2.24, 2.45) is 5.73 Å². The van der Waals surface area contributed by atoms with E-state index in [4.69, 9.17) is 33.7 Å². The summed E-state index contributed by atoms with van der Waals surface area (Å²) in [5.74, 6) is 0.559. The first-order chi connectivity index (χ1) is 10.5. The Morgan fingerprint density at radius 3 is 2.55 bits per heavy atom. The average molecular weight is 339 g/mol. The van der Waals surface area contributed by atoms with Gasteiger partial charge in [0.1, 0.15) is 11.5 Å². The minimum Gasteiger partial charge on any atom is -0.457 e. The van der Waals surface area contributed by atoms with Crippen LogP contribution in [-0.2, 0) is 11.2 Å². The Morgan fingerprint density at radius 2 is 1.82 bits per heavy atom. The number of hydrogen-bond donors (Lipinski definition) is 2. The summed E-state index contributed by atoms with van der Waals surface area (Å²) >= 11 is 11.8. The number of anilines is 1. The number of ether oxygens (including phenoxy) is 1. The lowest BCUT2D eigenvalue weighted by Gasteiger charge is -2.27. The van der Waals surface area contributed by atoms with Gasteiger partial charge in [-0.15, -0.1) is 0 Å². The number of amides is 1. The van der Waals surface area contributed by atoms with Crippen LogP contribution in [0.25, 0.3) is 0 Å². The van der Waals surface area contributed by atoms with Crippen LogP contribution in [0.3, 0.4) is 0 Å². The van der Waals surface area contributed by atoms with E-state index in [9.17, 15) is 10.0 Å². The van der Waals surface area contributed by atoms with Crippen LogP contribution in [0.15, 0.2) is 36.4 Å². The largest absolute Gasteiger partial charge is 0.457 e. The van der Waals surface area contributed by atoms with E-state index in [0.29, 0.717) is 38.7 Å². The Bertz CT molecular complexity index is 752. The number of hydrogen-bond acceptors (Lipinski definition) is 4. The summed E-state index contributed by atoms with van der Waals surface area (Å²) in [4.78, 5) is 11.6. The van der Waals surface area contributed by atoms with Crippen LogP contribution in [0.5, 0.6) is 11.5 Å². The number of benzene rings is 2. The molecule has 2 aromatic rings. The molecular weight excluding hydrogens is 327 g/mol. The van der Waals surface area contributed by atoms with Crippen LogP contribution >= 0.6 is 23.2 Å². The van der Waals surface area contributed by atoms with Crippen molar-refractivity contribution in [3.63, 3.8) is 0 Å². The van der Waals surface area contributed by atoms with Gasteiger partial charge in [0.05, 0.1) is 21.8 Å². The van der Waals surface area contributed by atoms with Crippen LogP contribution < -0.4 is 15.5 Å². The molecule has 0 radical (unpaired) electrons. The van der Waals surface area contributed by atoms with Crippen molar-refractivity contribution in [3.05, 3.63) is 52.0 Å². The second-order valence-corrected chi connectivity index (χ2v) is 5.74. The standard InChI is InChI=1S/C15H12Cl2N2O3/c16-11-3-1-10(7-12(11)17)22-9-2-4-14-8(5-9)6-13(18)15(20)19(14)21/h1-5,7,13,21H,6,18H2/t13-/m0/s1. The second-order valence-electron chi connectivity index (χ2n) is 4.93. The Balaban J connectivity index is 1.89. The molecule has 22 heavy (non-hydrogen) atoms. The van der Waals surface area contributed by atoms with Crippen molar-refractivity contribution in [1.29, 1.82) is 0 Å². The van der Waals surface area contributed by atoms with E-state index in [1.807, 2.05) is 0 Å². The maximum absolute atomic E-state index is 11.6. The lowest BCUT2D eigenvalue weighted by atomic mass is 9.99. The molecule has 0 spiro atoms. The highest BCUT2D eigenvalue weighted by Gasteiger charge is 2.29. The van der Waals surface area contributed by atoms with Gasteiger partial charge >= 0.3 is 0 Å². The van der Waals surface area contributed by atoms with Gasteiger partial charge < -0.3 is 10.5 Å². The van der Waals surface area contributed by atoms with Gasteiger partial charge in [0.25, 0.3) is 5.91 Å². The first-order valence-corrected chi connectivity index (χ1v) is 7.25. The summed E-state index contributed by atoms with van der Waals surface area (Å²) < 4.78 is 5.71. The number of carbonyl (C=O) groups is 1. The maximum Gasteiger partial charge on any atom is 0.267 e. The molecular formula is C15H12Cl2N2O3. The molecule has 1 heterocycles. The van der Waals surface area contributed by atoms with E-state index in [1.54, 1.807) is 36.4 Å². The Hall–Kier alpha value is -1.79. The number of halogens is 2. The smallest absolute Gasteiger partial charge is 0.267 e. The fourth-order valence-corrected chi connectivity index (χ4v) is 2.56. The van der Waals surface area contributed by atoms with Crippen LogP contribution in [0.2, 0.25) is 10.0 Å². The fourth-order valence-electron chi connectivity index (χ4n) is 2.27. The molecule has 7 heteroatoms. The maximum atomic E-state index is 11.6. The molecule has 0 fully saturated rings. The molecule has 1 aliphatic rings. The van der Waals surface area contributed by atoms with Crippen molar-refractivity contribution in [1.82, 2.24) is 0 Å². The van der Waals surface area contributed by atoms with Gasteiger partial charge in [-0.3, -0.25) is 10.0 Å². The number of nitrogens with zero attached hydrogens (tertiary/aromatic N) is 1. The number of rotatable bonds is 2. The minimum atomic E-state index is -0.766. The molecule has 0 aliphatic carbocycles. The molecule has 0 saturated carbocycles. The zero-order chi connectivity index (χ0) is 15.9. The van der Waals surface area contributed by atoms with Crippen molar-refractivity contribution in [2.75, 3.05) is 5.06 Å². The van der Waals surface area contributed by atoms with Crippen LogP contribution in [0.1, 0.15) is 5.56 Å². The Kier molecular flexibility index (Phi) is 3.97. The fraction of sp³-hybridized carbons (Fsp3) is 0.133. The van der Waals surface area contributed by atoms with Crippen molar-refractivity contribution >= 4 is 34.8 Å². The summed E-state index contributed by atoms with van der Waals surface area (Å²) in [6.07, 6.45) is 0.337. The summed E-state index contributed by atoms with van der Waals surface area (Å²) in [5.41, 5.74) is 6.84. The van der Waals surface area contributed by atoms with Gasteiger partial charge in [-0.25, -0.2) is 0 Å². The van der Waals surface area contributed by atoms with Gasteiger partial charge in [0.15, 0.2) is 0 Å². The first kappa shape index (κ1) is 15.1. The molecule has 0 aromatic heterocycles. The molecule has 0 unspecified atom stereocenters. The Labute approximate surface area is 136 Å². The molecule has 5 nitrogen and oxygen atoms in total. The molecule has 0 saturated heterocycles. The van der Waals surface area contributed by atoms with Crippen LogP contribution in [0, 0.1) is 0 Å². The average Bonchev–Trinajstić information content (AvgIpc) is 2.49. The predicted molar refractivity (Wildman–Crippen MR) is 83.9 cm³/mol. The van der Waals surface area contributed by atoms with Crippen molar-refractivity contribution in [3.8, 4) is 11.5 Å². The van der Waals surface area contributed by atoms with Gasteiger partial charge in [-0.05, 0) is 42.3 Å². The predicted octanol–water partition coefficient (Wildman–Crippen LogP) is 3.39. The highest BCUT2D eigenvalue weighted by molar-refractivity contribution is 6.42. The van der Waals surface area contributed by atoms with Gasteiger partial charge in [-0.1, -0.05) is 23.2 Å². The lowest BCUT2D eigenvalue weighted by Crippen LogP contribution is -2.47. The number of carbonyl (C=O) groups excluding carboxylic acids is 1. The van der Waals surface area contributed by atoms with E-state index in [0.717, 1.165) is 5.56 Å². The third-order valence-corrected chi connectivity index (χ3v) is 4.11. The topological polar surface area (TPSA) is 75.8 Å². The minimum absolute atomic E-state index is 0.337. The summed E-state index contributed by atoms with van der Waals surface area (Å²) in [7, 11) is 0. The summed E-state index contributed by atoms with van der Waals surface area (Å²) in [6.45, 7) is 0. The molecule has 1 amide bonds. The zero-order valence-electron chi connectivity index (χ0n) is 11.3. The quantitative estimate of drug-likeness (QED) is 0.823. The van der Waals surface area contributed by atoms with Crippen LogP contribution in [0.4, 0.5) is 5.69 Å². The van der Waals surface area contributed by atoms with Crippen LogP contribution in [-0.4, -0.2) is 17.2 Å². The zero-order valence-corrected chi connectivity index (χ0v) is 12.8. The van der Waals surface area contributed by atoms with E-state index in [-0.39, 0.29) is 0 Å². The molecule has 0 bridgehead atoms. The second kappa shape index (κ2) is 5.78. The molecule has 3 rings (SSSR count). The highest BCUT2D eigenvalue weighted by atomic mass is 35.5. The van der Waals surface area contributed by atoms with Crippen molar-refractivity contribution < 1.29 is 14.7 Å². The summed E-state index contributed by atoms with van der Waals surface area (Å²) in [6, 6.07) is 9.16. The third-order valence-electron chi connectivity index (χ3n) is 3.37. The first-order valence-electron chi connectivity index (χ1n) is 6.50. The number of fused-ring (bicyclic) bond motifs is 1. The number of nitrogens with two attached hydrogens (primary N) is 1. The Morgan fingerprint density at radius 1 is 1.14 bits per heavy atom. The monoisotopic (exact) mass is 338 g/mol. The number of hydroxylamine groups is 1. The van der Waals surface area contributed by atoms with Crippen molar-refractivity contribution in [2.45, 2.75) is 12.5 Å². The molecule has 2 aromatic carbocycles. The third kappa shape index (κ3) is 2.76.